The van der Waals surface area contributed by atoms with Gasteiger partial charge in [0.15, 0.2) is 0 Å². The number of carbonyl (C=O) groups excluding carboxylic acids is 2. The fraction of sp³-hybridized carbons (Fsp3) is 0.211. The van der Waals surface area contributed by atoms with Crippen molar-refractivity contribution in [2.75, 3.05) is 18.5 Å². The zero-order valence-electron chi connectivity index (χ0n) is 15.3. The molecule has 0 aromatic heterocycles. The number of benzene rings is 2. The van der Waals surface area contributed by atoms with Gasteiger partial charge in [-0.05, 0) is 30.7 Å². The molecule has 2 rings (SSSR count). The van der Waals surface area contributed by atoms with E-state index in [1.807, 2.05) is 25.1 Å². The number of aryl methyl sites for hydroxylation is 1. The highest BCUT2D eigenvalue weighted by Crippen LogP contribution is 2.21. The standard InChI is InChI=1S/C19H23N5O2.ClH/c1-12-4-3-5-14(8-12)19(26)23-10-15-7-6-13(18(21)22)9-16(15)24(2)11-17(20)25;/h3-9H,10-11H2,1-2H3,(H2,20,25)(H3,21,22)(H,23,26);1H. The summed E-state index contributed by atoms with van der Waals surface area (Å²) in [5.41, 5.74) is 14.4. The van der Waals surface area contributed by atoms with Gasteiger partial charge in [0.25, 0.3) is 5.91 Å². The molecular formula is C19H24ClN5O2. The van der Waals surface area contributed by atoms with E-state index in [1.54, 1.807) is 36.2 Å². The third kappa shape index (κ3) is 6.00. The van der Waals surface area contributed by atoms with Gasteiger partial charge < -0.3 is 21.7 Å². The molecule has 2 aromatic carbocycles. The number of nitrogens with one attached hydrogen (secondary N) is 2. The molecule has 2 aromatic rings. The molecule has 0 saturated carbocycles. The van der Waals surface area contributed by atoms with Crippen LogP contribution in [-0.4, -0.2) is 31.2 Å². The molecule has 0 bridgehead atoms. The van der Waals surface area contributed by atoms with Crippen LogP contribution in [-0.2, 0) is 11.3 Å². The van der Waals surface area contributed by atoms with Crippen LogP contribution < -0.4 is 21.7 Å². The molecule has 0 atom stereocenters. The minimum Gasteiger partial charge on any atom is -0.384 e. The zero-order chi connectivity index (χ0) is 19.3. The first-order valence-electron chi connectivity index (χ1n) is 8.09. The molecule has 0 radical (unpaired) electrons. The summed E-state index contributed by atoms with van der Waals surface area (Å²) in [7, 11) is 1.72. The Morgan fingerprint density at radius 1 is 1.11 bits per heavy atom. The number of rotatable bonds is 7. The number of carbonyl (C=O) groups is 2. The maximum absolute atomic E-state index is 12.4. The predicted molar refractivity (Wildman–Crippen MR) is 110 cm³/mol. The lowest BCUT2D eigenvalue weighted by Crippen LogP contribution is -2.32. The molecule has 2 amide bonds. The third-order valence-electron chi connectivity index (χ3n) is 3.92. The van der Waals surface area contributed by atoms with Crippen LogP contribution in [0, 0.1) is 12.3 Å². The van der Waals surface area contributed by atoms with Crippen molar-refractivity contribution >= 4 is 35.7 Å². The molecule has 0 aliphatic carbocycles. The lowest BCUT2D eigenvalue weighted by atomic mass is 10.1. The van der Waals surface area contributed by atoms with Gasteiger partial charge >= 0.3 is 0 Å². The Bertz CT molecular complexity index is 854. The van der Waals surface area contributed by atoms with E-state index in [-0.39, 0.29) is 37.2 Å². The summed E-state index contributed by atoms with van der Waals surface area (Å²) in [6.07, 6.45) is 0. The number of amidine groups is 1. The third-order valence-corrected chi connectivity index (χ3v) is 3.92. The molecule has 8 heteroatoms. The monoisotopic (exact) mass is 389 g/mol. The quantitative estimate of drug-likeness (QED) is 0.423. The van der Waals surface area contributed by atoms with Gasteiger partial charge in [-0.15, -0.1) is 12.4 Å². The summed E-state index contributed by atoms with van der Waals surface area (Å²) in [6, 6.07) is 12.5. The van der Waals surface area contributed by atoms with Crippen molar-refractivity contribution in [2.45, 2.75) is 13.5 Å². The first-order chi connectivity index (χ1) is 12.3. The highest BCUT2D eigenvalue weighted by atomic mass is 35.5. The molecule has 0 aliphatic heterocycles. The summed E-state index contributed by atoms with van der Waals surface area (Å²) >= 11 is 0. The van der Waals surface area contributed by atoms with E-state index in [4.69, 9.17) is 16.9 Å². The van der Waals surface area contributed by atoms with E-state index < -0.39 is 5.91 Å². The first kappa shape index (κ1) is 22.0. The smallest absolute Gasteiger partial charge is 0.251 e. The molecule has 0 spiro atoms. The van der Waals surface area contributed by atoms with Gasteiger partial charge in [0.05, 0.1) is 6.54 Å². The van der Waals surface area contributed by atoms with E-state index in [2.05, 4.69) is 5.32 Å². The lowest BCUT2D eigenvalue weighted by Gasteiger charge is -2.22. The van der Waals surface area contributed by atoms with Gasteiger partial charge in [0.2, 0.25) is 5.91 Å². The van der Waals surface area contributed by atoms with Crippen molar-refractivity contribution in [1.82, 2.24) is 5.32 Å². The van der Waals surface area contributed by atoms with Crippen molar-refractivity contribution in [1.29, 1.82) is 5.41 Å². The molecule has 0 unspecified atom stereocenters. The summed E-state index contributed by atoms with van der Waals surface area (Å²) in [5.74, 6) is -0.739. The van der Waals surface area contributed by atoms with Crippen molar-refractivity contribution in [3.8, 4) is 0 Å². The van der Waals surface area contributed by atoms with Crippen LogP contribution in [0.5, 0.6) is 0 Å². The van der Waals surface area contributed by atoms with Crippen LogP contribution in [0.15, 0.2) is 42.5 Å². The number of halogens is 1. The fourth-order valence-corrected chi connectivity index (χ4v) is 2.62. The lowest BCUT2D eigenvalue weighted by molar-refractivity contribution is -0.116. The molecule has 0 aliphatic rings. The van der Waals surface area contributed by atoms with Crippen molar-refractivity contribution in [3.63, 3.8) is 0 Å². The van der Waals surface area contributed by atoms with Gasteiger partial charge in [0, 0.05) is 30.4 Å². The minimum absolute atomic E-state index is 0. The number of amides is 2. The Balaban J connectivity index is 0.00000364. The molecule has 0 saturated heterocycles. The molecule has 27 heavy (non-hydrogen) atoms. The average molecular weight is 390 g/mol. The highest BCUT2D eigenvalue weighted by Gasteiger charge is 2.13. The van der Waals surface area contributed by atoms with E-state index >= 15 is 0 Å². The Hall–Kier alpha value is -3.06. The second-order valence-corrected chi connectivity index (χ2v) is 6.13. The topological polar surface area (TPSA) is 125 Å². The van der Waals surface area contributed by atoms with Crippen LogP contribution >= 0.6 is 12.4 Å². The van der Waals surface area contributed by atoms with Crippen LogP contribution in [0.2, 0.25) is 0 Å². The van der Waals surface area contributed by atoms with Gasteiger partial charge in [-0.25, -0.2) is 0 Å². The average Bonchev–Trinajstić information content (AvgIpc) is 2.58. The molecule has 0 heterocycles. The molecule has 6 N–H and O–H groups in total. The first-order valence-corrected chi connectivity index (χ1v) is 8.09. The van der Waals surface area contributed by atoms with E-state index in [0.29, 0.717) is 16.8 Å². The molecule has 144 valence electrons. The largest absolute Gasteiger partial charge is 0.384 e. The number of likely N-dealkylation sites (N-methyl/N-ethyl adjacent to an activating group) is 1. The van der Waals surface area contributed by atoms with Crippen LogP contribution in [0.3, 0.4) is 0 Å². The van der Waals surface area contributed by atoms with Gasteiger partial charge in [-0.3, -0.25) is 15.0 Å². The summed E-state index contributed by atoms with van der Waals surface area (Å²) in [4.78, 5) is 25.3. The van der Waals surface area contributed by atoms with Crippen LogP contribution in [0.1, 0.15) is 27.0 Å². The normalized spacial score (nSPS) is 9.85. The van der Waals surface area contributed by atoms with Gasteiger partial charge in [-0.1, -0.05) is 29.8 Å². The number of nitrogens with zero attached hydrogens (tertiary/aromatic N) is 1. The summed E-state index contributed by atoms with van der Waals surface area (Å²) in [6.45, 7) is 2.21. The molecule has 0 fully saturated rings. The summed E-state index contributed by atoms with van der Waals surface area (Å²) < 4.78 is 0. The van der Waals surface area contributed by atoms with Gasteiger partial charge in [0.1, 0.15) is 5.84 Å². The number of nitrogen functional groups attached to an aromatic ring is 1. The second kappa shape index (κ2) is 9.59. The van der Waals surface area contributed by atoms with E-state index in [1.165, 1.54) is 0 Å². The maximum atomic E-state index is 12.4. The molecular weight excluding hydrogens is 366 g/mol. The number of hydrogen-bond acceptors (Lipinski definition) is 4. The second-order valence-electron chi connectivity index (χ2n) is 6.13. The maximum Gasteiger partial charge on any atom is 0.251 e. The number of hydrogen-bond donors (Lipinski definition) is 4. The van der Waals surface area contributed by atoms with Crippen molar-refractivity contribution < 1.29 is 9.59 Å². The fourth-order valence-electron chi connectivity index (χ4n) is 2.62. The minimum atomic E-state index is -0.476. The summed E-state index contributed by atoms with van der Waals surface area (Å²) in [5, 5.41) is 10.5. The van der Waals surface area contributed by atoms with Crippen LogP contribution in [0.25, 0.3) is 0 Å². The van der Waals surface area contributed by atoms with Gasteiger partial charge in [-0.2, -0.15) is 0 Å². The Morgan fingerprint density at radius 3 is 2.41 bits per heavy atom. The number of primary amides is 1. The van der Waals surface area contributed by atoms with E-state index in [0.717, 1.165) is 11.1 Å². The number of anilines is 1. The van der Waals surface area contributed by atoms with Crippen molar-refractivity contribution in [3.05, 3.63) is 64.7 Å². The Labute approximate surface area is 164 Å². The number of nitrogens with two attached hydrogens (primary N) is 2. The predicted octanol–water partition coefficient (Wildman–Crippen LogP) is 1.55. The highest BCUT2D eigenvalue weighted by molar-refractivity contribution is 5.96. The Kier molecular flexibility index (Phi) is 7.80. The van der Waals surface area contributed by atoms with Crippen LogP contribution in [0.4, 0.5) is 5.69 Å². The van der Waals surface area contributed by atoms with E-state index in [9.17, 15) is 9.59 Å². The Morgan fingerprint density at radius 2 is 1.81 bits per heavy atom. The van der Waals surface area contributed by atoms with Crippen molar-refractivity contribution in [2.24, 2.45) is 11.5 Å². The SMILES string of the molecule is Cc1cccc(C(=O)NCc2ccc(C(=N)N)cc2N(C)CC(N)=O)c1.Cl. The zero-order valence-corrected chi connectivity index (χ0v) is 16.1. The molecule has 7 nitrogen and oxygen atoms in total.